The van der Waals surface area contributed by atoms with Crippen LogP contribution in [0, 0.1) is 0 Å². The monoisotopic (exact) mass is 561 g/mol. The Bertz CT molecular complexity index is 410. The predicted molar refractivity (Wildman–Crippen MR) is 177 cm³/mol. The van der Waals surface area contributed by atoms with E-state index in [0.717, 1.165) is 12.8 Å². The Kier molecular flexibility index (Phi) is 43.3. The average molecular weight is 561 g/mol. The van der Waals surface area contributed by atoms with Gasteiger partial charge < -0.3 is 5.11 Å². The van der Waals surface area contributed by atoms with Crippen LogP contribution in [0.15, 0.2) is 0 Å². The molecule has 0 fully saturated rings. The van der Waals surface area contributed by atoms with Crippen LogP contribution in [0.2, 0.25) is 3.67 Å². The molecular formula is C36H73NaO2. The minimum atomic E-state index is -0.653. The summed E-state index contributed by atoms with van der Waals surface area (Å²) in [6.45, 7) is 4.57. The summed E-state index contributed by atoms with van der Waals surface area (Å²) in [6, 6.07) is 0. The first-order chi connectivity index (χ1) is 19.2. The van der Waals surface area contributed by atoms with E-state index in [1.165, 1.54) is 218 Å². The number of carbonyl (C=O) groups is 1. The van der Waals surface area contributed by atoms with Crippen molar-refractivity contribution >= 4 is 33.9 Å². The molecule has 0 aliphatic heterocycles. The molecule has 0 aromatic heterocycles. The fraction of sp³-hybridized carbons (Fsp3) is 0.972. The topological polar surface area (TPSA) is 37.3 Å². The van der Waals surface area contributed by atoms with E-state index in [1.807, 2.05) is 0 Å². The van der Waals surface area contributed by atoms with Crippen molar-refractivity contribution in [2.24, 2.45) is 0 Å². The Hall–Kier alpha value is 0.470. The number of unbranched alkanes of at least 4 members (excludes halogenated alkanes) is 29. The molecule has 0 aliphatic carbocycles. The third kappa shape index (κ3) is 45.7. The van der Waals surface area contributed by atoms with E-state index in [2.05, 4.69) is 13.8 Å². The molecule has 0 radical (unpaired) electrons. The molecule has 0 aliphatic rings. The van der Waals surface area contributed by atoms with Crippen molar-refractivity contribution in [2.45, 2.75) is 223 Å². The normalized spacial score (nSPS) is 11.0. The van der Waals surface area contributed by atoms with Crippen LogP contribution in [0.25, 0.3) is 0 Å². The Morgan fingerprint density at radius 1 is 0.385 bits per heavy atom. The van der Waals surface area contributed by atoms with E-state index in [0.29, 0.717) is 6.42 Å². The van der Waals surface area contributed by atoms with Gasteiger partial charge in [-0.2, -0.15) is 0 Å². The molecule has 39 heavy (non-hydrogen) atoms. The van der Waals surface area contributed by atoms with Crippen LogP contribution in [-0.2, 0) is 4.79 Å². The minimum absolute atomic E-state index is 0.345. The molecule has 0 atom stereocenters. The summed E-state index contributed by atoms with van der Waals surface area (Å²) in [5.41, 5.74) is 0. The van der Waals surface area contributed by atoms with Crippen molar-refractivity contribution in [1.82, 2.24) is 0 Å². The molecule has 1 N–H and O–H groups in total. The molecule has 0 aromatic carbocycles. The first-order valence-corrected chi connectivity index (χ1v) is 19.8. The van der Waals surface area contributed by atoms with Gasteiger partial charge in [0, 0.05) is 6.42 Å². The van der Waals surface area contributed by atoms with Gasteiger partial charge in [0.15, 0.2) is 0 Å². The van der Waals surface area contributed by atoms with Crippen LogP contribution in [-0.4, -0.2) is 39.0 Å². The first-order valence-electron chi connectivity index (χ1n) is 18.4. The molecule has 0 bridgehead atoms. The summed E-state index contributed by atoms with van der Waals surface area (Å²) in [5, 5.41) is 8.52. The maximum absolute atomic E-state index is 10.3. The molecule has 0 saturated heterocycles. The van der Waals surface area contributed by atoms with Gasteiger partial charge in [-0.25, -0.2) is 0 Å². The Morgan fingerprint density at radius 3 is 0.795 bits per heavy atom. The molecule has 0 aromatic rings. The third-order valence-electron chi connectivity index (χ3n) is 8.20. The zero-order valence-electron chi connectivity index (χ0n) is 27.7. The molecule has 3 heteroatoms. The van der Waals surface area contributed by atoms with Gasteiger partial charge >= 0.3 is 108 Å². The second-order valence-corrected chi connectivity index (χ2v) is 13.4. The fourth-order valence-electron chi connectivity index (χ4n) is 5.45. The number of carboxylic acid groups (broad SMARTS) is 1. The number of hydrogen-bond donors (Lipinski definition) is 1. The average Bonchev–Trinajstić information content (AvgIpc) is 2.93. The zero-order chi connectivity index (χ0) is 28.9. The summed E-state index contributed by atoms with van der Waals surface area (Å²) < 4.78 is 1.51. The third-order valence-corrected chi connectivity index (χ3v) is 8.91. The van der Waals surface area contributed by atoms with E-state index in [4.69, 9.17) is 5.11 Å². The molecule has 230 valence electrons. The van der Waals surface area contributed by atoms with Gasteiger partial charge in [0.25, 0.3) is 0 Å². The van der Waals surface area contributed by atoms with E-state index in [9.17, 15) is 4.79 Å². The zero-order valence-corrected chi connectivity index (χ0v) is 29.7. The van der Waals surface area contributed by atoms with Crippen molar-refractivity contribution in [3.05, 3.63) is 0 Å². The van der Waals surface area contributed by atoms with Gasteiger partial charge in [-0.05, 0) is 6.42 Å². The summed E-state index contributed by atoms with van der Waals surface area (Å²) in [7, 11) is 0. The molecule has 0 rings (SSSR count). The van der Waals surface area contributed by atoms with E-state index in [1.54, 1.807) is 0 Å². The van der Waals surface area contributed by atoms with Crippen LogP contribution in [0.5, 0.6) is 0 Å². The van der Waals surface area contributed by atoms with Crippen LogP contribution in [0.1, 0.15) is 219 Å². The van der Waals surface area contributed by atoms with Gasteiger partial charge in [0.05, 0.1) is 0 Å². The van der Waals surface area contributed by atoms with E-state index < -0.39 is 5.97 Å². The molecule has 2 nitrogen and oxygen atoms in total. The summed E-state index contributed by atoms with van der Waals surface area (Å²) in [5.74, 6) is -0.653. The van der Waals surface area contributed by atoms with Crippen molar-refractivity contribution in [1.29, 1.82) is 0 Å². The summed E-state index contributed by atoms with van der Waals surface area (Å²) >= 11 is 1.41. The Balaban J connectivity index is 0. The van der Waals surface area contributed by atoms with Crippen LogP contribution >= 0.6 is 0 Å². The predicted octanol–water partition coefficient (Wildman–Crippen LogP) is 13.2. The molecule has 0 unspecified atom stereocenters. The van der Waals surface area contributed by atoms with Crippen LogP contribution in [0.3, 0.4) is 0 Å². The van der Waals surface area contributed by atoms with Crippen LogP contribution < -0.4 is 0 Å². The van der Waals surface area contributed by atoms with Crippen molar-refractivity contribution in [3.63, 3.8) is 0 Å². The van der Waals surface area contributed by atoms with E-state index in [-0.39, 0.29) is 0 Å². The molecule has 0 spiro atoms. The van der Waals surface area contributed by atoms with Crippen molar-refractivity contribution < 1.29 is 9.90 Å². The van der Waals surface area contributed by atoms with Gasteiger partial charge in [-0.15, -0.1) is 0 Å². The van der Waals surface area contributed by atoms with Gasteiger partial charge in [0.1, 0.15) is 0 Å². The van der Waals surface area contributed by atoms with E-state index >= 15 is 0 Å². The van der Waals surface area contributed by atoms with Gasteiger partial charge in [-0.1, -0.05) is 136 Å². The molecule has 0 heterocycles. The first kappa shape index (κ1) is 41.6. The molecule has 0 saturated carbocycles. The summed E-state index contributed by atoms with van der Waals surface area (Å²) in [4.78, 5) is 10.3. The SMILES string of the molecule is CCCCCCCCCCCCCCCCCC(=O)O.CCCCCCCCCCCCCCCCC[CH2][Na]. The quantitative estimate of drug-likeness (QED) is 0.0656. The Morgan fingerprint density at radius 2 is 0.590 bits per heavy atom. The molecular weight excluding hydrogens is 487 g/mol. The second kappa shape index (κ2) is 40.6. The number of hydrogen-bond acceptors (Lipinski definition) is 1. The number of carboxylic acids is 1. The Labute approximate surface area is 265 Å². The van der Waals surface area contributed by atoms with Crippen LogP contribution in [0.4, 0.5) is 0 Å². The fourth-order valence-corrected chi connectivity index (χ4v) is 5.95. The molecule has 0 amide bonds. The number of aliphatic carboxylic acids is 1. The van der Waals surface area contributed by atoms with Crippen molar-refractivity contribution in [3.8, 4) is 0 Å². The second-order valence-electron chi connectivity index (χ2n) is 12.4. The number of rotatable bonds is 32. The van der Waals surface area contributed by atoms with Crippen molar-refractivity contribution in [2.75, 3.05) is 0 Å². The standard InChI is InChI=1S/C18H36O2.C18H37.Na/c1-2-3-4-5-6-7-8-9-10-11-12-13-14-15-16-17-18(19)20;1-3-5-7-9-11-13-15-17-18-16-14-12-10-8-6-4-2;/h2-17H2,1H3,(H,19,20);1,3-18H2,2H3;. The van der Waals surface area contributed by atoms with Gasteiger partial charge in [-0.3, -0.25) is 4.79 Å². The van der Waals surface area contributed by atoms with Gasteiger partial charge in [0.2, 0.25) is 0 Å². The maximum atomic E-state index is 10.3. The summed E-state index contributed by atoms with van der Waals surface area (Å²) in [6.07, 6.45) is 43.9.